The van der Waals surface area contributed by atoms with Gasteiger partial charge >= 0.3 is 5.97 Å². The molecule has 1 N–H and O–H groups in total. The number of rotatable bonds is 9. The van der Waals surface area contributed by atoms with Crippen LogP contribution in [0.15, 0.2) is 41.8 Å². The number of nitrogens with one attached hydrogen (secondary N) is 1. The monoisotopic (exact) mass is 393 g/mol. The fraction of sp³-hybridized carbons (Fsp3) is 0.316. The van der Waals surface area contributed by atoms with Gasteiger partial charge in [0.05, 0.1) is 6.42 Å². The maximum Gasteiger partial charge on any atom is 0.307 e. The van der Waals surface area contributed by atoms with E-state index in [1.54, 1.807) is 35.6 Å². The van der Waals surface area contributed by atoms with Crippen LogP contribution in [0.1, 0.15) is 35.0 Å². The zero-order chi connectivity index (χ0) is 18.9. The number of thiophene rings is 1. The summed E-state index contributed by atoms with van der Waals surface area (Å²) in [7, 11) is 0. The molecule has 0 fully saturated rings. The van der Waals surface area contributed by atoms with E-state index in [1.165, 1.54) is 11.8 Å². The number of ether oxygens (including phenoxy) is 1. The van der Waals surface area contributed by atoms with Crippen LogP contribution in [0.3, 0.4) is 0 Å². The number of hydrogen-bond acceptors (Lipinski definition) is 5. The van der Waals surface area contributed by atoms with Crippen LogP contribution < -0.4 is 5.32 Å². The topological polar surface area (TPSA) is 72.5 Å². The Morgan fingerprint density at radius 3 is 2.54 bits per heavy atom. The molecule has 0 spiro atoms. The second-order valence-corrected chi connectivity index (χ2v) is 7.15. The lowest BCUT2D eigenvalue weighted by molar-refractivity contribution is -0.154. The van der Waals surface area contributed by atoms with E-state index in [4.69, 9.17) is 16.3 Å². The Kier molecular flexibility index (Phi) is 7.81. The molecule has 0 saturated heterocycles. The van der Waals surface area contributed by atoms with Gasteiger partial charge in [0, 0.05) is 28.4 Å². The molecule has 0 saturated carbocycles. The molecule has 0 aliphatic heterocycles. The Labute approximate surface area is 161 Å². The van der Waals surface area contributed by atoms with Crippen molar-refractivity contribution in [3.05, 3.63) is 57.2 Å². The second kappa shape index (κ2) is 10.1. The first kappa shape index (κ1) is 20.1. The highest BCUT2D eigenvalue weighted by atomic mass is 35.5. The van der Waals surface area contributed by atoms with Crippen molar-refractivity contribution in [1.29, 1.82) is 0 Å². The van der Waals surface area contributed by atoms with Crippen molar-refractivity contribution in [2.45, 2.75) is 32.3 Å². The predicted octanol–water partition coefficient (Wildman–Crippen LogP) is 3.66. The molecule has 1 atom stereocenters. The van der Waals surface area contributed by atoms with Crippen molar-refractivity contribution in [2.75, 3.05) is 6.54 Å². The quantitative estimate of drug-likeness (QED) is 0.521. The Morgan fingerprint density at radius 2 is 1.88 bits per heavy atom. The first-order valence-electron chi connectivity index (χ1n) is 8.24. The molecule has 5 nitrogen and oxygen atoms in total. The average molecular weight is 394 g/mol. The van der Waals surface area contributed by atoms with E-state index in [2.05, 4.69) is 5.32 Å². The van der Waals surface area contributed by atoms with Crippen LogP contribution in [0, 0.1) is 0 Å². The molecule has 1 amide bonds. The first-order chi connectivity index (χ1) is 12.5. The van der Waals surface area contributed by atoms with E-state index in [0.717, 1.165) is 6.42 Å². The molecular formula is C19H20ClNO4S. The molecule has 0 aliphatic rings. The highest BCUT2D eigenvalue weighted by molar-refractivity contribution is 7.09. The minimum absolute atomic E-state index is 0.0210. The van der Waals surface area contributed by atoms with Gasteiger partial charge in [-0.3, -0.25) is 14.4 Å². The Bertz CT molecular complexity index is 743. The van der Waals surface area contributed by atoms with E-state index in [1.807, 2.05) is 17.5 Å². The number of benzene rings is 1. The zero-order valence-corrected chi connectivity index (χ0v) is 15.9. The summed E-state index contributed by atoms with van der Waals surface area (Å²) in [6, 6.07) is 10.4. The van der Waals surface area contributed by atoms with E-state index in [0.29, 0.717) is 17.1 Å². The molecule has 0 unspecified atom stereocenters. The molecule has 138 valence electrons. The highest BCUT2D eigenvalue weighted by Gasteiger charge is 2.18. The van der Waals surface area contributed by atoms with Crippen LogP contribution >= 0.6 is 22.9 Å². The van der Waals surface area contributed by atoms with Crippen LogP contribution in [0.2, 0.25) is 5.02 Å². The Hall–Kier alpha value is -2.18. The fourth-order valence-corrected chi connectivity index (χ4v) is 3.05. The Morgan fingerprint density at radius 1 is 1.15 bits per heavy atom. The minimum atomic E-state index is -0.892. The van der Waals surface area contributed by atoms with Crippen molar-refractivity contribution in [3.63, 3.8) is 0 Å². The van der Waals surface area contributed by atoms with Crippen LogP contribution in [0.4, 0.5) is 0 Å². The maximum atomic E-state index is 12.0. The predicted molar refractivity (Wildman–Crippen MR) is 102 cm³/mol. The third-order valence-electron chi connectivity index (χ3n) is 3.65. The van der Waals surface area contributed by atoms with Crippen molar-refractivity contribution in [3.8, 4) is 0 Å². The first-order valence-corrected chi connectivity index (χ1v) is 9.50. The normalized spacial score (nSPS) is 11.6. The van der Waals surface area contributed by atoms with Gasteiger partial charge in [-0.25, -0.2) is 0 Å². The minimum Gasteiger partial charge on any atom is -0.453 e. The van der Waals surface area contributed by atoms with Crippen molar-refractivity contribution >= 4 is 40.6 Å². The van der Waals surface area contributed by atoms with Crippen LogP contribution in [-0.4, -0.2) is 30.3 Å². The summed E-state index contributed by atoms with van der Waals surface area (Å²) in [6.07, 6.45) is -0.210. The summed E-state index contributed by atoms with van der Waals surface area (Å²) >= 11 is 7.40. The lowest BCUT2D eigenvalue weighted by Gasteiger charge is -2.13. The number of esters is 1. The van der Waals surface area contributed by atoms with E-state index in [-0.39, 0.29) is 24.5 Å². The Balaban J connectivity index is 1.68. The smallest absolute Gasteiger partial charge is 0.307 e. The molecule has 2 aromatic rings. The molecule has 0 bridgehead atoms. The number of ketones is 1. The molecule has 26 heavy (non-hydrogen) atoms. The summed E-state index contributed by atoms with van der Waals surface area (Å²) in [4.78, 5) is 36.9. The molecule has 0 radical (unpaired) electrons. The summed E-state index contributed by atoms with van der Waals surface area (Å²) < 4.78 is 5.08. The summed E-state index contributed by atoms with van der Waals surface area (Å²) in [5.41, 5.74) is 0.488. The van der Waals surface area contributed by atoms with E-state index < -0.39 is 12.1 Å². The molecule has 2 rings (SSSR count). The van der Waals surface area contributed by atoms with Gasteiger partial charge in [-0.2, -0.15) is 0 Å². The summed E-state index contributed by atoms with van der Waals surface area (Å²) in [6.45, 7) is 2.00. The number of carbonyl (C=O) groups excluding carboxylic acids is 3. The van der Waals surface area contributed by atoms with E-state index >= 15 is 0 Å². The van der Waals surface area contributed by atoms with Gasteiger partial charge in [-0.1, -0.05) is 17.7 Å². The molecule has 7 heteroatoms. The van der Waals surface area contributed by atoms with E-state index in [9.17, 15) is 14.4 Å². The van der Waals surface area contributed by atoms with Gasteiger partial charge in [-0.05, 0) is 49.1 Å². The van der Waals surface area contributed by atoms with Crippen LogP contribution in [-0.2, 0) is 20.7 Å². The van der Waals surface area contributed by atoms with Crippen molar-refractivity contribution in [2.24, 2.45) is 0 Å². The van der Waals surface area contributed by atoms with Gasteiger partial charge < -0.3 is 10.1 Å². The lowest BCUT2D eigenvalue weighted by atomic mass is 10.1. The number of halogens is 1. The highest BCUT2D eigenvalue weighted by Crippen LogP contribution is 2.12. The van der Waals surface area contributed by atoms with Crippen LogP contribution in [0.25, 0.3) is 0 Å². The third kappa shape index (κ3) is 6.61. The van der Waals surface area contributed by atoms with Gasteiger partial charge in [0.2, 0.25) is 0 Å². The SMILES string of the molecule is C[C@H](OC(=O)CCC(=O)c1ccc(Cl)cc1)C(=O)NCCc1cccs1. The standard InChI is InChI=1S/C19H20ClNO4S/c1-13(19(24)21-11-10-16-3-2-12-26-16)25-18(23)9-8-17(22)14-4-6-15(20)7-5-14/h2-7,12-13H,8-11H2,1H3,(H,21,24)/t13-/m0/s1. The summed E-state index contributed by atoms with van der Waals surface area (Å²) in [5.74, 6) is -1.10. The van der Waals surface area contributed by atoms with Crippen molar-refractivity contribution < 1.29 is 19.1 Å². The fourth-order valence-electron chi connectivity index (χ4n) is 2.21. The molecular weight excluding hydrogens is 374 g/mol. The molecule has 1 aromatic carbocycles. The van der Waals surface area contributed by atoms with Crippen LogP contribution in [0.5, 0.6) is 0 Å². The molecule has 1 aromatic heterocycles. The third-order valence-corrected chi connectivity index (χ3v) is 4.84. The molecule has 0 aliphatic carbocycles. The lowest BCUT2D eigenvalue weighted by Crippen LogP contribution is -2.36. The van der Waals surface area contributed by atoms with Gasteiger partial charge in [0.25, 0.3) is 5.91 Å². The van der Waals surface area contributed by atoms with Gasteiger partial charge in [-0.15, -0.1) is 11.3 Å². The van der Waals surface area contributed by atoms with Gasteiger partial charge in [0.15, 0.2) is 11.9 Å². The average Bonchev–Trinajstić information content (AvgIpc) is 3.13. The number of hydrogen-bond donors (Lipinski definition) is 1. The largest absolute Gasteiger partial charge is 0.453 e. The maximum absolute atomic E-state index is 12.0. The number of carbonyl (C=O) groups is 3. The van der Waals surface area contributed by atoms with Gasteiger partial charge in [0.1, 0.15) is 0 Å². The molecule has 1 heterocycles. The number of amides is 1. The second-order valence-electron chi connectivity index (χ2n) is 5.68. The number of Topliss-reactive ketones (excluding diaryl/α,β-unsaturated/α-hetero) is 1. The zero-order valence-electron chi connectivity index (χ0n) is 14.4. The summed E-state index contributed by atoms with van der Waals surface area (Å²) in [5, 5.41) is 5.25. The van der Waals surface area contributed by atoms with Crippen molar-refractivity contribution in [1.82, 2.24) is 5.32 Å².